The summed E-state index contributed by atoms with van der Waals surface area (Å²) < 4.78 is 0. The van der Waals surface area contributed by atoms with Gasteiger partial charge in [-0.05, 0) is 66.4 Å². The number of aliphatic hydroxyl groups excluding tert-OH is 1. The van der Waals surface area contributed by atoms with E-state index in [4.69, 9.17) is 10.8 Å². The minimum absolute atomic E-state index is 0.0388. The number of anilines is 2. The number of benzene rings is 1. The normalized spacial score (nSPS) is 30.7. The molecule has 5 N–H and O–H groups in total. The average Bonchev–Trinajstić information content (AvgIpc) is 2.79. The average molecular weight is 419 g/mol. The van der Waals surface area contributed by atoms with Gasteiger partial charge in [-0.3, -0.25) is 0 Å². The van der Waals surface area contributed by atoms with Gasteiger partial charge in [0, 0.05) is 19.1 Å². The molecule has 0 aliphatic heterocycles. The van der Waals surface area contributed by atoms with Gasteiger partial charge in [0.15, 0.2) is 0 Å². The highest BCUT2D eigenvalue weighted by Crippen LogP contribution is 2.59. The van der Waals surface area contributed by atoms with Gasteiger partial charge in [0.2, 0.25) is 5.95 Å². The molecular formula is C24H30N6O. The molecule has 1 aromatic heterocycles. The van der Waals surface area contributed by atoms with Gasteiger partial charge in [-0.25, -0.2) is 4.98 Å². The molecule has 4 bridgehead atoms. The number of hydrogen-bond acceptors (Lipinski definition) is 7. The van der Waals surface area contributed by atoms with Crippen molar-refractivity contribution in [3.8, 4) is 6.07 Å². The minimum atomic E-state index is 0.0388. The molecule has 3 unspecified atom stereocenters. The second-order valence-corrected chi connectivity index (χ2v) is 9.80. The Morgan fingerprint density at radius 2 is 1.81 bits per heavy atom. The molecule has 0 saturated heterocycles. The highest BCUT2D eigenvalue weighted by atomic mass is 16.3. The Morgan fingerprint density at radius 3 is 2.48 bits per heavy atom. The van der Waals surface area contributed by atoms with E-state index in [2.05, 4.69) is 26.7 Å². The molecule has 5 atom stereocenters. The zero-order valence-corrected chi connectivity index (χ0v) is 17.7. The Hall–Kier alpha value is -2.69. The van der Waals surface area contributed by atoms with Crippen LogP contribution in [-0.2, 0) is 13.2 Å². The largest absolute Gasteiger partial charge is 0.392 e. The van der Waals surface area contributed by atoms with E-state index >= 15 is 0 Å². The fourth-order valence-electron chi connectivity index (χ4n) is 6.35. The molecule has 0 radical (unpaired) electrons. The lowest BCUT2D eigenvalue weighted by Crippen LogP contribution is -2.58. The van der Waals surface area contributed by atoms with E-state index in [1.807, 2.05) is 24.3 Å². The van der Waals surface area contributed by atoms with Crippen LogP contribution in [0.5, 0.6) is 0 Å². The number of nitriles is 1. The van der Waals surface area contributed by atoms with E-state index in [9.17, 15) is 5.26 Å². The molecule has 2 aromatic rings. The molecule has 7 heteroatoms. The Balaban J connectivity index is 1.26. The SMILES string of the molecule is N#Cc1cnc(NCc2ccc(CO)cc2)nc1NCC12CC3C[C@H](C1)C(N)[C@@H](C3)C2. The third-order valence-corrected chi connectivity index (χ3v) is 7.67. The van der Waals surface area contributed by atoms with Gasteiger partial charge in [-0.15, -0.1) is 0 Å². The van der Waals surface area contributed by atoms with E-state index in [-0.39, 0.29) is 12.0 Å². The summed E-state index contributed by atoms with van der Waals surface area (Å²) >= 11 is 0. The van der Waals surface area contributed by atoms with E-state index in [1.54, 1.807) is 6.20 Å². The smallest absolute Gasteiger partial charge is 0.224 e. The van der Waals surface area contributed by atoms with E-state index in [0.29, 0.717) is 41.8 Å². The molecule has 31 heavy (non-hydrogen) atoms. The first-order valence-electron chi connectivity index (χ1n) is 11.3. The first-order valence-corrected chi connectivity index (χ1v) is 11.3. The quantitative estimate of drug-likeness (QED) is 0.545. The number of rotatable bonds is 7. The van der Waals surface area contributed by atoms with Gasteiger partial charge in [0.1, 0.15) is 17.5 Å². The van der Waals surface area contributed by atoms with Crippen LogP contribution in [0.4, 0.5) is 11.8 Å². The second kappa shape index (κ2) is 8.10. The topological polar surface area (TPSA) is 120 Å². The predicted molar refractivity (Wildman–Crippen MR) is 119 cm³/mol. The minimum Gasteiger partial charge on any atom is -0.392 e. The van der Waals surface area contributed by atoms with Crippen LogP contribution in [0.2, 0.25) is 0 Å². The van der Waals surface area contributed by atoms with Crippen molar-refractivity contribution >= 4 is 11.8 Å². The number of nitrogens with zero attached hydrogens (tertiary/aromatic N) is 3. The lowest BCUT2D eigenvalue weighted by atomic mass is 9.48. The van der Waals surface area contributed by atoms with Crippen molar-refractivity contribution in [3.63, 3.8) is 0 Å². The molecule has 4 fully saturated rings. The Bertz CT molecular complexity index is 969. The van der Waals surface area contributed by atoms with Gasteiger partial charge in [-0.2, -0.15) is 10.2 Å². The van der Waals surface area contributed by atoms with Crippen molar-refractivity contribution < 1.29 is 5.11 Å². The standard InChI is InChI=1S/C24H30N6O/c25-10-20-12-28-23(27-11-15-1-3-16(13-31)4-2-15)30-22(20)29-14-24-7-17-5-18(8-24)21(26)19(6-17)9-24/h1-4,12,17-19,21,31H,5-9,11,13-14,26H2,(H2,27,28,29,30)/t17?,18-,19+,21?,24?. The van der Waals surface area contributed by atoms with Crippen molar-refractivity contribution in [1.82, 2.24) is 9.97 Å². The number of aromatic nitrogens is 2. The lowest BCUT2D eigenvalue weighted by Gasteiger charge is -2.59. The molecule has 1 heterocycles. The van der Waals surface area contributed by atoms with Crippen LogP contribution in [0.15, 0.2) is 30.5 Å². The molecule has 6 rings (SSSR count). The van der Waals surface area contributed by atoms with Crippen LogP contribution in [0.3, 0.4) is 0 Å². The first-order chi connectivity index (χ1) is 15.1. The maximum absolute atomic E-state index is 9.53. The summed E-state index contributed by atoms with van der Waals surface area (Å²) in [5.41, 5.74) is 9.21. The summed E-state index contributed by atoms with van der Waals surface area (Å²) in [6.07, 6.45) is 7.82. The lowest BCUT2D eigenvalue weighted by molar-refractivity contribution is -0.0591. The summed E-state index contributed by atoms with van der Waals surface area (Å²) in [5, 5.41) is 25.5. The second-order valence-electron chi connectivity index (χ2n) is 9.80. The molecule has 4 saturated carbocycles. The van der Waals surface area contributed by atoms with Gasteiger partial charge < -0.3 is 21.5 Å². The monoisotopic (exact) mass is 418 g/mol. The number of nitrogens with two attached hydrogens (primary N) is 1. The fraction of sp³-hybridized carbons (Fsp3) is 0.542. The van der Waals surface area contributed by atoms with Crippen molar-refractivity contribution in [2.45, 2.75) is 51.3 Å². The summed E-state index contributed by atoms with van der Waals surface area (Å²) in [5.74, 6) is 3.23. The zero-order valence-electron chi connectivity index (χ0n) is 17.7. The molecule has 0 spiro atoms. The van der Waals surface area contributed by atoms with Crippen molar-refractivity contribution in [2.75, 3.05) is 17.2 Å². The Morgan fingerprint density at radius 1 is 1.10 bits per heavy atom. The van der Waals surface area contributed by atoms with Crippen molar-refractivity contribution in [3.05, 3.63) is 47.2 Å². The van der Waals surface area contributed by atoms with Crippen molar-refractivity contribution in [1.29, 1.82) is 5.26 Å². The van der Waals surface area contributed by atoms with Crippen LogP contribution in [-0.4, -0.2) is 27.7 Å². The fourth-order valence-corrected chi connectivity index (χ4v) is 6.35. The van der Waals surface area contributed by atoms with Gasteiger partial charge >= 0.3 is 0 Å². The zero-order chi connectivity index (χ0) is 21.4. The maximum Gasteiger partial charge on any atom is 0.224 e. The van der Waals surface area contributed by atoms with Gasteiger partial charge in [-0.1, -0.05) is 24.3 Å². The van der Waals surface area contributed by atoms with E-state index < -0.39 is 0 Å². The van der Waals surface area contributed by atoms with Crippen LogP contribution in [0.1, 0.15) is 48.8 Å². The summed E-state index contributed by atoms with van der Waals surface area (Å²) in [7, 11) is 0. The molecule has 7 nitrogen and oxygen atoms in total. The first kappa shape index (κ1) is 20.2. The van der Waals surface area contributed by atoms with Crippen LogP contribution in [0.25, 0.3) is 0 Å². The van der Waals surface area contributed by atoms with Crippen LogP contribution in [0, 0.1) is 34.5 Å². The van der Waals surface area contributed by atoms with Gasteiger partial charge in [0.25, 0.3) is 0 Å². The molecule has 4 aliphatic rings. The van der Waals surface area contributed by atoms with E-state index in [1.165, 1.54) is 32.1 Å². The van der Waals surface area contributed by atoms with Crippen LogP contribution < -0.4 is 16.4 Å². The van der Waals surface area contributed by atoms with Crippen LogP contribution >= 0.6 is 0 Å². The predicted octanol–water partition coefficient (Wildman–Crippen LogP) is 3.02. The number of hydrogen-bond donors (Lipinski definition) is 4. The summed E-state index contributed by atoms with van der Waals surface area (Å²) in [6.45, 7) is 1.46. The molecule has 0 amide bonds. The molecule has 4 aliphatic carbocycles. The van der Waals surface area contributed by atoms with Crippen molar-refractivity contribution in [2.24, 2.45) is 28.9 Å². The summed E-state index contributed by atoms with van der Waals surface area (Å²) in [4.78, 5) is 8.91. The third kappa shape index (κ3) is 3.98. The Kier molecular flexibility index (Phi) is 5.28. The van der Waals surface area contributed by atoms with E-state index in [0.717, 1.165) is 23.6 Å². The maximum atomic E-state index is 9.53. The van der Waals surface area contributed by atoms with Gasteiger partial charge in [0.05, 0.1) is 12.8 Å². The third-order valence-electron chi connectivity index (χ3n) is 7.67. The molecular weight excluding hydrogens is 388 g/mol. The highest BCUT2D eigenvalue weighted by molar-refractivity contribution is 5.53. The Labute approximate surface area is 183 Å². The summed E-state index contributed by atoms with van der Waals surface area (Å²) in [6, 6.07) is 10.3. The highest BCUT2D eigenvalue weighted by Gasteiger charge is 2.54. The molecule has 162 valence electrons. The number of nitrogens with one attached hydrogen (secondary N) is 2. The number of aliphatic hydroxyl groups is 1. The molecule has 1 aromatic carbocycles.